The number of benzene rings is 1. The third-order valence-corrected chi connectivity index (χ3v) is 3.17. The predicted octanol–water partition coefficient (Wildman–Crippen LogP) is 1.71. The Bertz CT molecular complexity index is 566. The third kappa shape index (κ3) is 1.84. The summed E-state index contributed by atoms with van der Waals surface area (Å²) in [4.78, 5) is 0. The van der Waals surface area contributed by atoms with Crippen molar-refractivity contribution in [1.82, 2.24) is 10.2 Å². The highest BCUT2D eigenvalue weighted by Crippen LogP contribution is 2.37. The summed E-state index contributed by atoms with van der Waals surface area (Å²) in [6, 6.07) is 10.0. The zero-order valence-corrected chi connectivity index (χ0v) is 10.3. The molecule has 4 nitrogen and oxygen atoms in total. The van der Waals surface area contributed by atoms with Gasteiger partial charge in [-0.1, -0.05) is 12.1 Å². The van der Waals surface area contributed by atoms with Gasteiger partial charge in [0.2, 0.25) is 0 Å². The van der Waals surface area contributed by atoms with Gasteiger partial charge in [-0.15, -0.1) is 0 Å². The van der Waals surface area contributed by atoms with Crippen molar-refractivity contribution < 1.29 is 4.74 Å². The van der Waals surface area contributed by atoms with Crippen molar-refractivity contribution in [3.8, 4) is 17.0 Å². The molecule has 0 spiro atoms. The normalized spacial score (nSPS) is 17.3. The van der Waals surface area contributed by atoms with Crippen LogP contribution in [-0.2, 0) is 6.42 Å². The molecule has 2 heterocycles. The Labute approximate surface area is 106 Å². The fourth-order valence-electron chi connectivity index (χ4n) is 2.21. The SMILES string of the molecule is Cc1ccc(-c2cccc3c2O[C@H](CN)C3)nn1. The zero-order valence-electron chi connectivity index (χ0n) is 10.3. The number of nitrogens with zero attached hydrogens (tertiary/aromatic N) is 2. The molecule has 2 N–H and O–H groups in total. The van der Waals surface area contributed by atoms with Gasteiger partial charge in [-0.05, 0) is 30.7 Å². The number of para-hydroxylation sites is 1. The molecule has 1 aromatic carbocycles. The first-order valence-corrected chi connectivity index (χ1v) is 6.07. The minimum Gasteiger partial charge on any atom is -0.488 e. The summed E-state index contributed by atoms with van der Waals surface area (Å²) in [6.45, 7) is 2.46. The molecule has 1 atom stereocenters. The van der Waals surface area contributed by atoms with Crippen molar-refractivity contribution in [2.45, 2.75) is 19.4 Å². The lowest BCUT2D eigenvalue weighted by Gasteiger charge is -2.10. The van der Waals surface area contributed by atoms with Crippen molar-refractivity contribution in [3.05, 3.63) is 41.6 Å². The van der Waals surface area contributed by atoms with E-state index in [0.29, 0.717) is 6.54 Å². The molecule has 1 aromatic heterocycles. The topological polar surface area (TPSA) is 61.0 Å². The van der Waals surface area contributed by atoms with Gasteiger partial charge in [0.15, 0.2) is 0 Å². The van der Waals surface area contributed by atoms with E-state index in [-0.39, 0.29) is 6.10 Å². The summed E-state index contributed by atoms with van der Waals surface area (Å²) < 4.78 is 5.88. The lowest BCUT2D eigenvalue weighted by Crippen LogP contribution is -2.24. The van der Waals surface area contributed by atoms with Crippen LogP contribution < -0.4 is 10.5 Å². The molecule has 0 fully saturated rings. The van der Waals surface area contributed by atoms with Crippen molar-refractivity contribution in [2.75, 3.05) is 6.54 Å². The number of hydrogen-bond acceptors (Lipinski definition) is 4. The largest absolute Gasteiger partial charge is 0.488 e. The maximum Gasteiger partial charge on any atom is 0.132 e. The van der Waals surface area contributed by atoms with Gasteiger partial charge in [0, 0.05) is 18.5 Å². The number of rotatable bonds is 2. The Kier molecular flexibility index (Phi) is 2.72. The van der Waals surface area contributed by atoms with Crippen LogP contribution in [0.25, 0.3) is 11.3 Å². The number of aryl methyl sites for hydroxylation is 1. The molecule has 0 amide bonds. The van der Waals surface area contributed by atoms with E-state index >= 15 is 0 Å². The van der Waals surface area contributed by atoms with Crippen LogP contribution in [0.3, 0.4) is 0 Å². The molecule has 0 unspecified atom stereocenters. The van der Waals surface area contributed by atoms with Gasteiger partial charge in [-0.2, -0.15) is 10.2 Å². The monoisotopic (exact) mass is 241 g/mol. The average Bonchev–Trinajstić information content (AvgIpc) is 2.82. The molecule has 1 aliphatic rings. The van der Waals surface area contributed by atoms with E-state index in [2.05, 4.69) is 16.3 Å². The highest BCUT2D eigenvalue weighted by molar-refractivity contribution is 5.69. The van der Waals surface area contributed by atoms with E-state index in [1.54, 1.807) is 0 Å². The second-order valence-corrected chi connectivity index (χ2v) is 4.53. The van der Waals surface area contributed by atoms with Crippen molar-refractivity contribution in [2.24, 2.45) is 5.73 Å². The molecule has 4 heteroatoms. The number of nitrogens with two attached hydrogens (primary N) is 1. The highest BCUT2D eigenvalue weighted by atomic mass is 16.5. The van der Waals surface area contributed by atoms with E-state index in [0.717, 1.165) is 29.1 Å². The molecule has 18 heavy (non-hydrogen) atoms. The van der Waals surface area contributed by atoms with Gasteiger partial charge >= 0.3 is 0 Å². The van der Waals surface area contributed by atoms with Gasteiger partial charge < -0.3 is 10.5 Å². The lowest BCUT2D eigenvalue weighted by molar-refractivity contribution is 0.242. The molecular formula is C14H15N3O. The molecule has 0 radical (unpaired) electrons. The van der Waals surface area contributed by atoms with Gasteiger partial charge in [-0.3, -0.25) is 0 Å². The first-order chi connectivity index (χ1) is 8.78. The molecule has 0 aliphatic carbocycles. The van der Waals surface area contributed by atoms with Crippen LogP contribution in [0, 0.1) is 6.92 Å². The summed E-state index contributed by atoms with van der Waals surface area (Å²) in [5.41, 5.74) is 9.62. The predicted molar refractivity (Wildman–Crippen MR) is 69.4 cm³/mol. The van der Waals surface area contributed by atoms with E-state index in [4.69, 9.17) is 10.5 Å². The van der Waals surface area contributed by atoms with E-state index in [9.17, 15) is 0 Å². The third-order valence-electron chi connectivity index (χ3n) is 3.17. The first kappa shape index (κ1) is 11.2. The smallest absolute Gasteiger partial charge is 0.132 e. The molecule has 1 aliphatic heterocycles. The molecule has 92 valence electrons. The zero-order chi connectivity index (χ0) is 12.5. The molecule has 0 saturated carbocycles. The fraction of sp³-hybridized carbons (Fsp3) is 0.286. The van der Waals surface area contributed by atoms with Crippen LogP contribution in [0.5, 0.6) is 5.75 Å². The van der Waals surface area contributed by atoms with E-state index < -0.39 is 0 Å². The van der Waals surface area contributed by atoms with Crippen LogP contribution >= 0.6 is 0 Å². The van der Waals surface area contributed by atoms with Crippen molar-refractivity contribution in [1.29, 1.82) is 0 Å². The molecule has 3 rings (SSSR count). The summed E-state index contributed by atoms with van der Waals surface area (Å²) in [7, 11) is 0. The maximum absolute atomic E-state index is 5.88. The Morgan fingerprint density at radius 2 is 2.17 bits per heavy atom. The van der Waals surface area contributed by atoms with Crippen LogP contribution in [0.2, 0.25) is 0 Å². The fourth-order valence-corrected chi connectivity index (χ4v) is 2.21. The van der Waals surface area contributed by atoms with Gasteiger partial charge in [0.25, 0.3) is 0 Å². The van der Waals surface area contributed by atoms with Crippen LogP contribution in [0.15, 0.2) is 30.3 Å². The Morgan fingerprint density at radius 3 is 2.89 bits per heavy atom. The molecular weight excluding hydrogens is 226 g/mol. The number of hydrogen-bond donors (Lipinski definition) is 1. The van der Waals surface area contributed by atoms with Crippen molar-refractivity contribution >= 4 is 0 Å². The average molecular weight is 241 g/mol. The summed E-state index contributed by atoms with van der Waals surface area (Å²) in [5, 5.41) is 8.31. The number of aromatic nitrogens is 2. The minimum absolute atomic E-state index is 0.0829. The highest BCUT2D eigenvalue weighted by Gasteiger charge is 2.24. The Hall–Kier alpha value is -1.94. The van der Waals surface area contributed by atoms with Crippen LogP contribution in [0.1, 0.15) is 11.3 Å². The standard InChI is InChI=1S/C14H15N3O/c1-9-5-6-13(17-16-9)12-4-2-3-10-7-11(8-15)18-14(10)12/h2-6,11H,7-8,15H2,1H3/t11-/m0/s1. The maximum atomic E-state index is 5.88. The van der Waals surface area contributed by atoms with E-state index in [1.165, 1.54) is 5.56 Å². The van der Waals surface area contributed by atoms with Crippen molar-refractivity contribution in [3.63, 3.8) is 0 Å². The molecule has 0 saturated heterocycles. The Morgan fingerprint density at radius 1 is 1.28 bits per heavy atom. The second kappa shape index (κ2) is 4.38. The van der Waals surface area contributed by atoms with Crippen LogP contribution in [0.4, 0.5) is 0 Å². The quantitative estimate of drug-likeness (QED) is 0.869. The van der Waals surface area contributed by atoms with Gasteiger partial charge in [0.1, 0.15) is 11.9 Å². The summed E-state index contributed by atoms with van der Waals surface area (Å²) in [5.74, 6) is 0.908. The lowest BCUT2D eigenvalue weighted by atomic mass is 10.0. The minimum atomic E-state index is 0.0829. The first-order valence-electron chi connectivity index (χ1n) is 6.07. The summed E-state index contributed by atoms with van der Waals surface area (Å²) in [6.07, 6.45) is 0.957. The number of ether oxygens (including phenoxy) is 1. The second-order valence-electron chi connectivity index (χ2n) is 4.53. The summed E-state index contributed by atoms with van der Waals surface area (Å²) >= 11 is 0. The Balaban J connectivity index is 2.05. The molecule has 2 aromatic rings. The van der Waals surface area contributed by atoms with Crippen LogP contribution in [-0.4, -0.2) is 22.8 Å². The molecule has 0 bridgehead atoms. The number of fused-ring (bicyclic) bond motifs is 1. The van der Waals surface area contributed by atoms with Gasteiger partial charge in [0.05, 0.1) is 11.4 Å². The van der Waals surface area contributed by atoms with E-state index in [1.807, 2.05) is 31.2 Å². The van der Waals surface area contributed by atoms with Gasteiger partial charge in [-0.25, -0.2) is 0 Å².